The molecule has 0 aliphatic carbocycles. The summed E-state index contributed by atoms with van der Waals surface area (Å²) >= 11 is 1.40. The molecule has 20 heavy (non-hydrogen) atoms. The number of hydrogen-bond donors (Lipinski definition) is 3. The summed E-state index contributed by atoms with van der Waals surface area (Å²) in [4.78, 5) is 37.5. The van der Waals surface area contributed by atoms with Crippen LogP contribution in [-0.2, 0) is 15.1 Å². The highest BCUT2D eigenvalue weighted by atomic mass is 32.1. The van der Waals surface area contributed by atoms with Crippen LogP contribution in [0.3, 0.4) is 0 Å². The van der Waals surface area contributed by atoms with Gasteiger partial charge in [-0.25, -0.2) is 9.78 Å². The summed E-state index contributed by atoms with van der Waals surface area (Å²) in [6.07, 6.45) is 1.74. The van der Waals surface area contributed by atoms with Gasteiger partial charge >= 0.3 is 12.0 Å². The summed E-state index contributed by atoms with van der Waals surface area (Å²) in [5.41, 5.74) is -0.681. The summed E-state index contributed by atoms with van der Waals surface area (Å²) in [6, 6.07) is -0.620. The third-order valence-corrected chi connectivity index (χ3v) is 3.54. The molecule has 0 spiro atoms. The van der Waals surface area contributed by atoms with E-state index in [0.29, 0.717) is 0 Å². The zero-order valence-corrected chi connectivity index (χ0v) is 12.1. The fraction of sp³-hybridized carbons (Fsp3) is 0.500. The van der Waals surface area contributed by atoms with Crippen LogP contribution in [0, 0.1) is 0 Å². The molecule has 0 unspecified atom stereocenters. The minimum absolute atomic E-state index is 0.00258. The molecule has 0 aliphatic heterocycles. The molecule has 1 heterocycles. The third-order valence-electron chi connectivity index (χ3n) is 2.44. The predicted octanol–water partition coefficient (Wildman–Crippen LogP) is 1.46. The van der Waals surface area contributed by atoms with Gasteiger partial charge in [-0.15, -0.1) is 11.3 Å². The maximum absolute atomic E-state index is 11.7. The lowest BCUT2D eigenvalue weighted by Crippen LogP contribution is -2.48. The van der Waals surface area contributed by atoms with Crippen molar-refractivity contribution in [1.82, 2.24) is 15.6 Å². The monoisotopic (exact) mass is 299 g/mol. The van der Waals surface area contributed by atoms with Gasteiger partial charge in [-0.3, -0.25) is 14.9 Å². The highest BCUT2D eigenvalue weighted by Gasteiger charge is 2.26. The molecule has 0 atom stereocenters. The number of carbonyl (C=O) groups is 3. The second kappa shape index (κ2) is 6.99. The Kier molecular flexibility index (Phi) is 5.63. The van der Waals surface area contributed by atoms with E-state index in [0.717, 1.165) is 5.01 Å². The van der Waals surface area contributed by atoms with Gasteiger partial charge < -0.3 is 10.4 Å². The van der Waals surface area contributed by atoms with Crippen molar-refractivity contribution in [2.75, 3.05) is 0 Å². The van der Waals surface area contributed by atoms with Crippen molar-refractivity contribution in [2.45, 2.75) is 38.6 Å². The summed E-state index contributed by atoms with van der Waals surface area (Å²) in [5, 5.41) is 15.8. The smallest absolute Gasteiger partial charge is 0.322 e. The number of hydrogen-bond acceptors (Lipinski definition) is 5. The number of imide groups is 1. The van der Waals surface area contributed by atoms with E-state index in [2.05, 4.69) is 15.6 Å². The molecule has 0 saturated carbocycles. The Morgan fingerprint density at radius 1 is 1.35 bits per heavy atom. The van der Waals surface area contributed by atoms with Crippen molar-refractivity contribution >= 4 is 29.2 Å². The minimum Gasteiger partial charge on any atom is -0.481 e. The quantitative estimate of drug-likeness (QED) is 0.737. The van der Waals surface area contributed by atoms with Gasteiger partial charge in [0.1, 0.15) is 5.01 Å². The Balaban J connectivity index is 2.39. The molecule has 0 radical (unpaired) electrons. The number of carboxylic acids is 1. The maximum atomic E-state index is 11.7. The normalized spacial score (nSPS) is 10.9. The Bertz CT molecular complexity index is 485. The van der Waals surface area contributed by atoms with Gasteiger partial charge in [0.15, 0.2) is 0 Å². The van der Waals surface area contributed by atoms with Gasteiger partial charge in [0.2, 0.25) is 5.91 Å². The lowest BCUT2D eigenvalue weighted by molar-refractivity contribution is -0.137. The molecule has 1 aromatic heterocycles. The number of nitrogens with one attached hydrogen (secondary N) is 2. The summed E-state index contributed by atoms with van der Waals surface area (Å²) in [6.45, 7) is 3.56. The van der Waals surface area contributed by atoms with Crippen molar-refractivity contribution in [3.8, 4) is 0 Å². The zero-order valence-electron chi connectivity index (χ0n) is 11.3. The van der Waals surface area contributed by atoms with Crippen molar-refractivity contribution < 1.29 is 19.5 Å². The van der Waals surface area contributed by atoms with Crippen molar-refractivity contribution in [1.29, 1.82) is 0 Å². The molecule has 0 saturated heterocycles. The number of thiazole rings is 1. The van der Waals surface area contributed by atoms with Gasteiger partial charge in [0, 0.05) is 24.4 Å². The molecule has 0 aliphatic rings. The van der Waals surface area contributed by atoms with Crippen molar-refractivity contribution in [3.05, 3.63) is 16.6 Å². The average Bonchev–Trinajstić information content (AvgIpc) is 2.80. The number of urea groups is 1. The second-order valence-corrected chi connectivity index (χ2v) is 5.61. The number of rotatable bonds is 6. The Morgan fingerprint density at radius 3 is 2.60 bits per heavy atom. The standard InChI is InChI=1S/C12H17N3O4S/c1-12(2,10-13-6-7-20-10)15-11(19)14-8(16)4-3-5-9(17)18/h6-7H,3-5H2,1-2H3,(H,17,18)(H2,14,15,16,19). The SMILES string of the molecule is CC(C)(NC(=O)NC(=O)CCCC(=O)O)c1nccs1. The maximum Gasteiger partial charge on any atom is 0.322 e. The predicted molar refractivity (Wildman–Crippen MR) is 73.3 cm³/mol. The van der Waals surface area contributed by atoms with Gasteiger partial charge in [-0.2, -0.15) is 0 Å². The van der Waals surface area contributed by atoms with E-state index in [1.807, 2.05) is 0 Å². The number of carbonyl (C=O) groups excluding carboxylic acids is 2. The zero-order chi connectivity index (χ0) is 15.2. The molecule has 0 aromatic carbocycles. The van der Waals surface area contributed by atoms with Crippen molar-refractivity contribution in [2.24, 2.45) is 0 Å². The summed E-state index contributed by atoms with van der Waals surface area (Å²) in [5.74, 6) is -1.47. The molecule has 8 heteroatoms. The Morgan fingerprint density at radius 2 is 2.05 bits per heavy atom. The molecule has 0 bridgehead atoms. The Labute approximate surface area is 120 Å². The minimum atomic E-state index is -0.966. The molecular weight excluding hydrogens is 282 g/mol. The summed E-state index contributed by atoms with van der Waals surface area (Å²) in [7, 11) is 0. The van der Waals surface area contributed by atoms with Gasteiger partial charge in [0.25, 0.3) is 0 Å². The third kappa shape index (κ3) is 5.35. The van der Waals surface area contributed by atoms with E-state index in [1.54, 1.807) is 25.4 Å². The first-order valence-electron chi connectivity index (χ1n) is 6.05. The highest BCUT2D eigenvalue weighted by Crippen LogP contribution is 2.21. The van der Waals surface area contributed by atoms with E-state index in [4.69, 9.17) is 5.11 Å². The first-order valence-corrected chi connectivity index (χ1v) is 6.93. The molecular formula is C12H17N3O4S. The van der Waals surface area contributed by atoms with Crippen LogP contribution >= 0.6 is 11.3 Å². The first-order chi connectivity index (χ1) is 9.31. The molecule has 7 nitrogen and oxygen atoms in total. The van der Waals surface area contributed by atoms with Gasteiger partial charge in [0.05, 0.1) is 5.54 Å². The molecule has 1 aromatic rings. The topological polar surface area (TPSA) is 108 Å². The number of aromatic nitrogens is 1. The molecule has 110 valence electrons. The molecule has 3 N–H and O–H groups in total. The van der Waals surface area contributed by atoms with E-state index >= 15 is 0 Å². The van der Waals surface area contributed by atoms with Crippen LogP contribution in [0.1, 0.15) is 38.1 Å². The second-order valence-electron chi connectivity index (χ2n) is 4.71. The van der Waals surface area contributed by atoms with Crippen LogP contribution in [0.2, 0.25) is 0 Å². The van der Waals surface area contributed by atoms with E-state index in [1.165, 1.54) is 11.3 Å². The van der Waals surface area contributed by atoms with E-state index in [-0.39, 0.29) is 19.3 Å². The lowest BCUT2D eigenvalue weighted by Gasteiger charge is -2.23. The van der Waals surface area contributed by atoms with Crippen LogP contribution in [0.15, 0.2) is 11.6 Å². The fourth-order valence-electron chi connectivity index (χ4n) is 1.49. The number of nitrogens with zero attached hydrogens (tertiary/aromatic N) is 1. The lowest BCUT2D eigenvalue weighted by atomic mass is 10.1. The molecule has 3 amide bonds. The van der Waals surface area contributed by atoms with E-state index < -0.39 is 23.4 Å². The van der Waals surface area contributed by atoms with Crippen LogP contribution in [0.25, 0.3) is 0 Å². The summed E-state index contributed by atoms with van der Waals surface area (Å²) < 4.78 is 0. The number of aliphatic carboxylic acids is 1. The van der Waals surface area contributed by atoms with Crippen LogP contribution in [-0.4, -0.2) is 28.0 Å². The van der Waals surface area contributed by atoms with Crippen LogP contribution < -0.4 is 10.6 Å². The molecule has 1 rings (SSSR count). The van der Waals surface area contributed by atoms with Crippen LogP contribution in [0.4, 0.5) is 4.79 Å². The fourth-order valence-corrected chi connectivity index (χ4v) is 2.21. The van der Waals surface area contributed by atoms with Gasteiger partial charge in [-0.05, 0) is 20.3 Å². The van der Waals surface area contributed by atoms with Crippen molar-refractivity contribution in [3.63, 3.8) is 0 Å². The molecule has 0 fully saturated rings. The number of amides is 3. The first kappa shape index (κ1) is 16.1. The largest absolute Gasteiger partial charge is 0.481 e. The number of carboxylic acid groups (broad SMARTS) is 1. The highest BCUT2D eigenvalue weighted by molar-refractivity contribution is 7.09. The van der Waals surface area contributed by atoms with Crippen LogP contribution in [0.5, 0.6) is 0 Å². The average molecular weight is 299 g/mol. The van der Waals surface area contributed by atoms with Gasteiger partial charge in [-0.1, -0.05) is 0 Å². The van der Waals surface area contributed by atoms with E-state index in [9.17, 15) is 14.4 Å². The Hall–Kier alpha value is -1.96.